The van der Waals surface area contributed by atoms with Crippen molar-refractivity contribution in [3.8, 4) is 0 Å². The molecule has 2 heterocycles. The molecule has 0 unspecified atom stereocenters. The normalized spacial score (nSPS) is 11.7. The second-order valence-corrected chi connectivity index (χ2v) is 6.01. The number of fused-ring (bicyclic) bond motifs is 1. The van der Waals surface area contributed by atoms with E-state index < -0.39 is 16.7 Å². The Labute approximate surface area is 121 Å². The van der Waals surface area contributed by atoms with E-state index in [1.807, 2.05) is 0 Å². The Balaban J connectivity index is 2.60. The molecule has 2 aromatic heterocycles. The van der Waals surface area contributed by atoms with Crippen molar-refractivity contribution < 1.29 is 4.79 Å². The zero-order chi connectivity index (χ0) is 15.9. The number of aromatic nitrogens is 3. The molecule has 0 fully saturated rings. The van der Waals surface area contributed by atoms with Gasteiger partial charge in [0.15, 0.2) is 0 Å². The fourth-order valence-electron chi connectivity index (χ4n) is 1.85. The van der Waals surface area contributed by atoms with Crippen LogP contribution in [0.5, 0.6) is 0 Å². The zero-order valence-corrected chi connectivity index (χ0v) is 12.7. The van der Waals surface area contributed by atoms with Crippen LogP contribution in [-0.4, -0.2) is 20.0 Å². The van der Waals surface area contributed by atoms with E-state index in [1.54, 1.807) is 27.8 Å². The number of carbonyl (C=O) groups is 1. The number of amides is 1. The first kappa shape index (κ1) is 15.0. The van der Waals surface area contributed by atoms with Crippen LogP contribution in [0.4, 0.5) is 5.69 Å². The highest BCUT2D eigenvalue weighted by Gasteiger charge is 2.21. The summed E-state index contributed by atoms with van der Waals surface area (Å²) in [5, 5.41) is 3.00. The average Bonchev–Trinajstić information content (AvgIpc) is 2.41. The third kappa shape index (κ3) is 2.58. The zero-order valence-electron chi connectivity index (χ0n) is 12.7. The van der Waals surface area contributed by atoms with Gasteiger partial charge in [0, 0.05) is 19.5 Å². The van der Waals surface area contributed by atoms with Crippen molar-refractivity contribution in [2.45, 2.75) is 20.8 Å². The number of carbonyl (C=O) groups excluding carboxylic acids is 1. The van der Waals surface area contributed by atoms with Gasteiger partial charge in [0.1, 0.15) is 5.65 Å². The Morgan fingerprint density at radius 3 is 2.38 bits per heavy atom. The molecule has 0 saturated heterocycles. The Kier molecular flexibility index (Phi) is 3.44. The van der Waals surface area contributed by atoms with Gasteiger partial charge in [-0.25, -0.2) is 9.78 Å². The van der Waals surface area contributed by atoms with Gasteiger partial charge in [0.05, 0.1) is 17.3 Å². The lowest BCUT2D eigenvalue weighted by Gasteiger charge is -2.17. The maximum Gasteiger partial charge on any atom is 0.332 e. The minimum absolute atomic E-state index is 0.176. The van der Waals surface area contributed by atoms with Crippen molar-refractivity contribution >= 4 is 22.6 Å². The van der Waals surface area contributed by atoms with Gasteiger partial charge in [-0.05, 0) is 6.07 Å². The van der Waals surface area contributed by atoms with Crippen molar-refractivity contribution in [2.24, 2.45) is 19.5 Å². The molecule has 0 spiro atoms. The number of nitrogens with zero attached hydrogens (tertiary/aromatic N) is 3. The van der Waals surface area contributed by atoms with E-state index >= 15 is 0 Å². The molecule has 0 atom stereocenters. The molecule has 0 saturated carbocycles. The van der Waals surface area contributed by atoms with Gasteiger partial charge in [-0.1, -0.05) is 20.8 Å². The van der Waals surface area contributed by atoms with Crippen LogP contribution in [0.3, 0.4) is 0 Å². The Morgan fingerprint density at radius 2 is 1.81 bits per heavy atom. The summed E-state index contributed by atoms with van der Waals surface area (Å²) in [7, 11) is 2.95. The summed E-state index contributed by atoms with van der Waals surface area (Å²) in [6, 6.07) is 1.54. The second-order valence-electron chi connectivity index (χ2n) is 6.01. The van der Waals surface area contributed by atoms with E-state index in [-0.39, 0.29) is 16.9 Å². The SMILES string of the molecule is Cn1c(=O)c2cc(NC(=O)C(C)(C)C)cnc2n(C)c1=O. The van der Waals surface area contributed by atoms with Crippen LogP contribution in [0.1, 0.15) is 20.8 Å². The van der Waals surface area contributed by atoms with E-state index in [2.05, 4.69) is 10.3 Å². The molecule has 7 heteroatoms. The summed E-state index contributed by atoms with van der Waals surface area (Å²) in [6.45, 7) is 5.37. The van der Waals surface area contributed by atoms with E-state index in [4.69, 9.17) is 0 Å². The molecule has 0 bridgehead atoms. The highest BCUT2D eigenvalue weighted by molar-refractivity contribution is 5.95. The summed E-state index contributed by atoms with van der Waals surface area (Å²) in [6.07, 6.45) is 1.44. The molecule has 0 aliphatic carbocycles. The summed E-state index contributed by atoms with van der Waals surface area (Å²) in [4.78, 5) is 40.0. The van der Waals surface area contributed by atoms with Crippen LogP contribution in [0.2, 0.25) is 0 Å². The number of aryl methyl sites for hydroxylation is 1. The van der Waals surface area contributed by atoms with Gasteiger partial charge in [-0.2, -0.15) is 0 Å². The van der Waals surface area contributed by atoms with Crippen molar-refractivity contribution in [1.29, 1.82) is 0 Å². The van der Waals surface area contributed by atoms with Crippen LogP contribution < -0.4 is 16.6 Å². The molecule has 7 nitrogen and oxygen atoms in total. The molecule has 112 valence electrons. The fraction of sp³-hybridized carbons (Fsp3) is 0.429. The lowest BCUT2D eigenvalue weighted by atomic mass is 9.95. The highest BCUT2D eigenvalue weighted by Crippen LogP contribution is 2.18. The second kappa shape index (κ2) is 4.83. The van der Waals surface area contributed by atoms with Crippen molar-refractivity contribution in [2.75, 3.05) is 5.32 Å². The molecule has 0 aliphatic rings. The van der Waals surface area contributed by atoms with Gasteiger partial charge >= 0.3 is 5.69 Å². The molecule has 2 aromatic rings. The van der Waals surface area contributed by atoms with Gasteiger partial charge in [-0.15, -0.1) is 0 Å². The number of rotatable bonds is 1. The first-order valence-electron chi connectivity index (χ1n) is 6.50. The number of hydrogen-bond donors (Lipinski definition) is 1. The molecular weight excluding hydrogens is 272 g/mol. The first-order chi connectivity index (χ1) is 9.62. The topological polar surface area (TPSA) is 86.0 Å². The van der Waals surface area contributed by atoms with Crippen molar-refractivity contribution in [1.82, 2.24) is 14.1 Å². The van der Waals surface area contributed by atoms with E-state index in [9.17, 15) is 14.4 Å². The Hall–Kier alpha value is -2.44. The first-order valence-corrected chi connectivity index (χ1v) is 6.50. The minimum atomic E-state index is -0.552. The maximum atomic E-state index is 12.1. The lowest BCUT2D eigenvalue weighted by molar-refractivity contribution is -0.123. The number of hydrogen-bond acceptors (Lipinski definition) is 4. The predicted octanol–water partition coefficient (Wildman–Crippen LogP) is 0.617. The average molecular weight is 290 g/mol. The molecule has 2 rings (SSSR count). The molecule has 0 aliphatic heterocycles. The van der Waals surface area contributed by atoms with Gasteiger partial charge < -0.3 is 5.32 Å². The Bertz CT molecular complexity index is 840. The standard InChI is InChI=1S/C14H18N4O3/c1-14(2,3)12(20)16-8-6-9-10(15-7-8)17(4)13(21)18(5)11(9)19/h6-7H,1-5H3,(H,16,20). The van der Waals surface area contributed by atoms with Crippen LogP contribution >= 0.6 is 0 Å². The lowest BCUT2D eigenvalue weighted by Crippen LogP contribution is -2.37. The number of anilines is 1. The molecule has 1 amide bonds. The fourth-order valence-corrected chi connectivity index (χ4v) is 1.85. The van der Waals surface area contributed by atoms with Gasteiger partial charge in [0.2, 0.25) is 5.91 Å². The third-order valence-electron chi connectivity index (χ3n) is 3.23. The molecular formula is C14H18N4O3. The van der Waals surface area contributed by atoms with E-state index in [1.165, 1.54) is 23.9 Å². The van der Waals surface area contributed by atoms with Gasteiger partial charge in [-0.3, -0.25) is 18.7 Å². The number of nitrogens with one attached hydrogen (secondary N) is 1. The molecule has 0 radical (unpaired) electrons. The van der Waals surface area contributed by atoms with Crippen LogP contribution in [0.15, 0.2) is 21.9 Å². The van der Waals surface area contributed by atoms with Crippen molar-refractivity contribution in [3.63, 3.8) is 0 Å². The largest absolute Gasteiger partial charge is 0.332 e. The van der Waals surface area contributed by atoms with Crippen LogP contribution in [0.25, 0.3) is 11.0 Å². The molecule has 0 aromatic carbocycles. The summed E-state index contributed by atoms with van der Waals surface area (Å²) >= 11 is 0. The van der Waals surface area contributed by atoms with E-state index in [0.717, 1.165) is 4.57 Å². The number of pyridine rings is 1. The van der Waals surface area contributed by atoms with Gasteiger partial charge in [0.25, 0.3) is 5.56 Å². The van der Waals surface area contributed by atoms with E-state index in [0.29, 0.717) is 5.69 Å². The third-order valence-corrected chi connectivity index (χ3v) is 3.23. The van der Waals surface area contributed by atoms with Crippen LogP contribution in [0, 0.1) is 5.41 Å². The smallest absolute Gasteiger partial charge is 0.324 e. The minimum Gasteiger partial charge on any atom is -0.324 e. The molecule has 1 N–H and O–H groups in total. The summed E-state index contributed by atoms with van der Waals surface area (Å²) in [5.74, 6) is -0.176. The van der Waals surface area contributed by atoms with Crippen LogP contribution in [-0.2, 0) is 18.9 Å². The monoisotopic (exact) mass is 290 g/mol. The quantitative estimate of drug-likeness (QED) is 0.834. The summed E-state index contributed by atoms with van der Waals surface area (Å²) in [5.41, 5.74) is -0.710. The van der Waals surface area contributed by atoms with Crippen molar-refractivity contribution in [3.05, 3.63) is 33.1 Å². The summed E-state index contributed by atoms with van der Waals surface area (Å²) < 4.78 is 2.31. The highest BCUT2D eigenvalue weighted by atomic mass is 16.2. The maximum absolute atomic E-state index is 12.1. The predicted molar refractivity (Wildman–Crippen MR) is 80.3 cm³/mol. The Morgan fingerprint density at radius 1 is 1.19 bits per heavy atom. The molecule has 21 heavy (non-hydrogen) atoms.